The number of amides is 1. The van der Waals surface area contributed by atoms with Crippen LogP contribution in [0.4, 0.5) is 5.69 Å². The molecule has 1 amide bonds. The van der Waals surface area contributed by atoms with Crippen molar-refractivity contribution in [1.29, 1.82) is 5.26 Å². The SMILES string of the molecule is CC(C)[C@](C)(C#N)NC(=O)COC(=O)c1ccc([N+](=O)[O-])cc1. The molecule has 0 heterocycles. The Labute approximate surface area is 133 Å². The third kappa shape index (κ3) is 4.78. The third-order valence-corrected chi connectivity index (χ3v) is 3.43. The molecule has 1 atom stereocenters. The predicted molar refractivity (Wildman–Crippen MR) is 80.4 cm³/mol. The Hall–Kier alpha value is -2.95. The Bertz CT molecular complexity index is 648. The van der Waals surface area contributed by atoms with Gasteiger partial charge in [-0.05, 0) is 25.0 Å². The van der Waals surface area contributed by atoms with Crippen molar-refractivity contribution in [3.8, 4) is 6.07 Å². The topological polar surface area (TPSA) is 122 Å². The van der Waals surface area contributed by atoms with Crippen LogP contribution in [-0.2, 0) is 9.53 Å². The summed E-state index contributed by atoms with van der Waals surface area (Å²) in [5, 5.41) is 22.1. The van der Waals surface area contributed by atoms with E-state index in [4.69, 9.17) is 10.00 Å². The van der Waals surface area contributed by atoms with Crippen molar-refractivity contribution in [2.24, 2.45) is 5.92 Å². The largest absolute Gasteiger partial charge is 0.452 e. The normalized spacial score (nSPS) is 12.8. The van der Waals surface area contributed by atoms with Crippen LogP contribution in [-0.4, -0.2) is 28.9 Å². The first kappa shape index (κ1) is 18.1. The van der Waals surface area contributed by atoms with Crippen LogP contribution in [0.25, 0.3) is 0 Å². The monoisotopic (exact) mass is 319 g/mol. The van der Waals surface area contributed by atoms with Crippen LogP contribution in [0, 0.1) is 27.4 Å². The minimum absolute atomic E-state index is 0.0929. The maximum atomic E-state index is 11.8. The highest BCUT2D eigenvalue weighted by Crippen LogP contribution is 2.15. The lowest BCUT2D eigenvalue weighted by Gasteiger charge is -2.27. The van der Waals surface area contributed by atoms with E-state index in [2.05, 4.69) is 5.32 Å². The van der Waals surface area contributed by atoms with Crippen molar-refractivity contribution in [2.75, 3.05) is 6.61 Å². The molecule has 0 bridgehead atoms. The molecule has 1 aromatic rings. The van der Waals surface area contributed by atoms with Crippen LogP contribution in [0.5, 0.6) is 0 Å². The lowest BCUT2D eigenvalue weighted by Crippen LogP contribution is -2.50. The smallest absolute Gasteiger partial charge is 0.338 e. The number of nitrogens with zero attached hydrogens (tertiary/aromatic N) is 2. The first-order chi connectivity index (χ1) is 10.7. The van der Waals surface area contributed by atoms with Crippen LogP contribution in [0.3, 0.4) is 0 Å². The van der Waals surface area contributed by atoms with Crippen molar-refractivity contribution in [3.05, 3.63) is 39.9 Å². The van der Waals surface area contributed by atoms with Gasteiger partial charge in [-0.25, -0.2) is 4.79 Å². The fourth-order valence-corrected chi connectivity index (χ4v) is 1.56. The van der Waals surface area contributed by atoms with Gasteiger partial charge in [0, 0.05) is 12.1 Å². The van der Waals surface area contributed by atoms with E-state index in [-0.39, 0.29) is 17.2 Å². The standard InChI is InChI=1S/C15H17N3O5/c1-10(2)15(3,9-16)17-13(19)8-23-14(20)11-4-6-12(7-5-11)18(21)22/h4-7,10H,8H2,1-3H3,(H,17,19)/t15-/m0/s1. The van der Waals surface area contributed by atoms with Crippen molar-refractivity contribution in [2.45, 2.75) is 26.3 Å². The van der Waals surface area contributed by atoms with Crippen LogP contribution in [0.15, 0.2) is 24.3 Å². The summed E-state index contributed by atoms with van der Waals surface area (Å²) in [6, 6.07) is 6.83. The van der Waals surface area contributed by atoms with Crippen molar-refractivity contribution in [1.82, 2.24) is 5.32 Å². The molecule has 0 saturated heterocycles. The average molecular weight is 319 g/mol. The average Bonchev–Trinajstić information content (AvgIpc) is 2.52. The molecule has 0 aromatic heterocycles. The highest BCUT2D eigenvalue weighted by atomic mass is 16.6. The molecule has 0 unspecified atom stereocenters. The molecule has 1 rings (SSSR count). The fourth-order valence-electron chi connectivity index (χ4n) is 1.56. The molecule has 0 radical (unpaired) electrons. The van der Waals surface area contributed by atoms with E-state index in [1.54, 1.807) is 20.8 Å². The van der Waals surface area contributed by atoms with Gasteiger partial charge in [0.1, 0.15) is 5.54 Å². The molecule has 8 nitrogen and oxygen atoms in total. The number of benzene rings is 1. The number of nitro groups is 1. The molecule has 0 aliphatic rings. The number of hydrogen-bond donors (Lipinski definition) is 1. The maximum absolute atomic E-state index is 11.8. The molecule has 0 fully saturated rings. The quantitative estimate of drug-likeness (QED) is 0.484. The zero-order valence-electron chi connectivity index (χ0n) is 13.0. The summed E-state index contributed by atoms with van der Waals surface area (Å²) >= 11 is 0. The lowest BCUT2D eigenvalue weighted by atomic mass is 9.90. The van der Waals surface area contributed by atoms with E-state index in [0.29, 0.717) is 0 Å². The number of carbonyl (C=O) groups excluding carboxylic acids is 2. The van der Waals surface area contributed by atoms with Crippen LogP contribution < -0.4 is 5.32 Å². The van der Waals surface area contributed by atoms with Gasteiger partial charge in [-0.3, -0.25) is 14.9 Å². The molecule has 122 valence electrons. The van der Waals surface area contributed by atoms with Gasteiger partial charge in [-0.15, -0.1) is 0 Å². The number of non-ortho nitro benzene ring substituents is 1. The summed E-state index contributed by atoms with van der Waals surface area (Å²) in [5.74, 6) is -1.50. The second-order valence-electron chi connectivity index (χ2n) is 5.40. The van der Waals surface area contributed by atoms with Crippen molar-refractivity contribution >= 4 is 17.6 Å². The van der Waals surface area contributed by atoms with Crippen molar-refractivity contribution < 1.29 is 19.2 Å². The number of esters is 1. The van der Waals surface area contributed by atoms with E-state index >= 15 is 0 Å². The number of nitro benzene ring substituents is 1. The van der Waals surface area contributed by atoms with Gasteiger partial charge in [0.05, 0.1) is 16.6 Å². The predicted octanol–water partition coefficient (Wildman–Crippen LogP) is 1.81. The van der Waals surface area contributed by atoms with Crippen LogP contribution in [0.1, 0.15) is 31.1 Å². The van der Waals surface area contributed by atoms with Gasteiger partial charge >= 0.3 is 5.97 Å². The molecular weight excluding hydrogens is 302 g/mol. The molecule has 1 aromatic carbocycles. The first-order valence-corrected chi connectivity index (χ1v) is 6.83. The van der Waals surface area contributed by atoms with Crippen LogP contribution in [0.2, 0.25) is 0 Å². The number of rotatable bonds is 6. The molecule has 0 aliphatic heterocycles. The van der Waals surface area contributed by atoms with Gasteiger partial charge in [-0.2, -0.15) is 5.26 Å². The van der Waals surface area contributed by atoms with Gasteiger partial charge in [0.15, 0.2) is 6.61 Å². The zero-order valence-corrected chi connectivity index (χ0v) is 13.0. The fraction of sp³-hybridized carbons (Fsp3) is 0.400. The van der Waals surface area contributed by atoms with E-state index in [0.717, 1.165) is 0 Å². The third-order valence-electron chi connectivity index (χ3n) is 3.43. The molecule has 1 N–H and O–H groups in total. The Kier molecular flexibility index (Phi) is 5.79. The number of hydrogen-bond acceptors (Lipinski definition) is 6. The van der Waals surface area contributed by atoms with Gasteiger partial charge in [0.2, 0.25) is 0 Å². The zero-order chi connectivity index (χ0) is 17.6. The van der Waals surface area contributed by atoms with Crippen molar-refractivity contribution in [3.63, 3.8) is 0 Å². The highest BCUT2D eigenvalue weighted by molar-refractivity contribution is 5.91. The summed E-state index contributed by atoms with van der Waals surface area (Å²) in [6.07, 6.45) is 0. The Morgan fingerprint density at radius 3 is 2.39 bits per heavy atom. The summed E-state index contributed by atoms with van der Waals surface area (Å²) in [6.45, 7) is 4.60. The number of nitriles is 1. The van der Waals surface area contributed by atoms with Gasteiger partial charge in [-0.1, -0.05) is 13.8 Å². The second kappa shape index (κ2) is 7.35. The van der Waals surface area contributed by atoms with E-state index in [9.17, 15) is 19.7 Å². The number of carbonyl (C=O) groups is 2. The first-order valence-electron chi connectivity index (χ1n) is 6.83. The Balaban J connectivity index is 2.61. The molecule has 8 heteroatoms. The van der Waals surface area contributed by atoms with Gasteiger partial charge in [0.25, 0.3) is 11.6 Å². The maximum Gasteiger partial charge on any atom is 0.338 e. The van der Waals surface area contributed by atoms with Crippen LogP contribution >= 0.6 is 0 Å². The molecule has 0 aliphatic carbocycles. The number of ether oxygens (including phenoxy) is 1. The minimum atomic E-state index is -1.06. The summed E-state index contributed by atoms with van der Waals surface area (Å²) in [7, 11) is 0. The van der Waals surface area contributed by atoms with E-state index in [1.807, 2.05) is 6.07 Å². The number of nitrogens with one attached hydrogen (secondary N) is 1. The second-order valence-corrected chi connectivity index (χ2v) is 5.40. The summed E-state index contributed by atoms with van der Waals surface area (Å²) in [4.78, 5) is 33.5. The van der Waals surface area contributed by atoms with E-state index in [1.165, 1.54) is 24.3 Å². The summed E-state index contributed by atoms with van der Waals surface area (Å²) in [5.41, 5.74) is -1.12. The molecule has 0 saturated carbocycles. The van der Waals surface area contributed by atoms with E-state index < -0.39 is 28.9 Å². The molecular formula is C15H17N3O5. The Morgan fingerprint density at radius 1 is 1.39 bits per heavy atom. The minimum Gasteiger partial charge on any atom is -0.452 e. The molecule has 0 spiro atoms. The molecule has 23 heavy (non-hydrogen) atoms. The van der Waals surface area contributed by atoms with Gasteiger partial charge < -0.3 is 10.1 Å². The summed E-state index contributed by atoms with van der Waals surface area (Å²) < 4.78 is 4.83. The lowest BCUT2D eigenvalue weighted by molar-refractivity contribution is -0.384. The Morgan fingerprint density at radius 2 is 1.96 bits per heavy atom. The highest BCUT2D eigenvalue weighted by Gasteiger charge is 2.30.